The van der Waals surface area contributed by atoms with Gasteiger partial charge in [-0.2, -0.15) is 0 Å². The number of rotatable bonds is 2. The molecule has 4 heteroatoms. The first-order valence-electron chi connectivity index (χ1n) is 10.3. The standard InChI is InChI=1S/C22H30N2O2/c1-4-21-10-6-13-23-14-12-22(20(21)23)16-7-5-8-17(26-3)19(16)24(15(2)25)18(22)9-11-21/h5,7-8,18,20H,4,6,9-14H2,1-3H3/t18?,20-,21-,22-/m1/s1. The molecule has 1 spiro atoms. The number of nitrogens with zero attached hydrogens (tertiary/aromatic N) is 2. The summed E-state index contributed by atoms with van der Waals surface area (Å²) in [5.74, 6) is 1.02. The third-order valence-corrected chi connectivity index (χ3v) is 8.19. The topological polar surface area (TPSA) is 32.8 Å². The van der Waals surface area contributed by atoms with E-state index in [9.17, 15) is 4.79 Å². The number of fused-ring (bicyclic) bond motifs is 1. The van der Waals surface area contributed by atoms with Gasteiger partial charge in [0.25, 0.3) is 0 Å². The van der Waals surface area contributed by atoms with Crippen LogP contribution in [0.4, 0.5) is 5.69 Å². The number of piperidine rings is 1. The lowest BCUT2D eigenvalue weighted by Gasteiger charge is -2.58. The van der Waals surface area contributed by atoms with E-state index in [0.29, 0.717) is 17.5 Å². The number of para-hydroxylation sites is 1. The van der Waals surface area contributed by atoms with Crippen molar-refractivity contribution in [2.45, 2.75) is 69.9 Å². The molecule has 4 aliphatic rings. The zero-order chi connectivity index (χ0) is 18.1. The van der Waals surface area contributed by atoms with E-state index in [2.05, 4.69) is 28.9 Å². The lowest BCUT2D eigenvalue weighted by molar-refractivity contribution is -0.118. The van der Waals surface area contributed by atoms with Gasteiger partial charge < -0.3 is 9.64 Å². The molecule has 0 N–H and O–H groups in total. The average Bonchev–Trinajstić information content (AvgIpc) is 3.19. The molecular formula is C22H30N2O2. The van der Waals surface area contributed by atoms with Gasteiger partial charge in [-0.25, -0.2) is 0 Å². The van der Waals surface area contributed by atoms with Gasteiger partial charge in [0, 0.05) is 24.4 Å². The molecule has 2 saturated heterocycles. The summed E-state index contributed by atoms with van der Waals surface area (Å²) in [4.78, 5) is 17.6. The van der Waals surface area contributed by atoms with Crippen LogP contribution >= 0.6 is 0 Å². The summed E-state index contributed by atoms with van der Waals surface area (Å²) in [5, 5.41) is 0. The first-order chi connectivity index (χ1) is 12.6. The molecule has 3 fully saturated rings. The number of benzene rings is 1. The fraction of sp³-hybridized carbons (Fsp3) is 0.682. The fourth-order valence-corrected chi connectivity index (χ4v) is 7.37. The van der Waals surface area contributed by atoms with Gasteiger partial charge in [-0.1, -0.05) is 19.1 Å². The summed E-state index contributed by atoms with van der Waals surface area (Å²) in [7, 11) is 1.73. The molecule has 4 nitrogen and oxygen atoms in total. The molecule has 1 amide bonds. The van der Waals surface area contributed by atoms with E-state index >= 15 is 0 Å². The normalized spacial score (nSPS) is 37.9. The summed E-state index contributed by atoms with van der Waals surface area (Å²) in [5.41, 5.74) is 2.94. The van der Waals surface area contributed by atoms with Gasteiger partial charge in [0.05, 0.1) is 12.8 Å². The number of methoxy groups -OCH3 is 1. The molecule has 0 bridgehead atoms. The third kappa shape index (κ3) is 1.77. The predicted octanol–water partition coefficient (Wildman–Crippen LogP) is 3.73. The lowest BCUT2D eigenvalue weighted by atomic mass is 9.52. The Morgan fingerprint density at radius 1 is 1.27 bits per heavy atom. The van der Waals surface area contributed by atoms with Crippen LogP contribution in [-0.2, 0) is 10.2 Å². The van der Waals surface area contributed by atoms with Crippen molar-refractivity contribution in [3.8, 4) is 5.75 Å². The molecular weight excluding hydrogens is 324 g/mol. The largest absolute Gasteiger partial charge is 0.495 e. The minimum absolute atomic E-state index is 0.0875. The first kappa shape index (κ1) is 16.6. The Morgan fingerprint density at radius 2 is 2.12 bits per heavy atom. The summed E-state index contributed by atoms with van der Waals surface area (Å²) >= 11 is 0. The average molecular weight is 354 g/mol. The quantitative estimate of drug-likeness (QED) is 0.811. The van der Waals surface area contributed by atoms with Crippen molar-refractivity contribution in [1.82, 2.24) is 4.90 Å². The summed E-state index contributed by atoms with van der Waals surface area (Å²) < 4.78 is 5.73. The number of carbonyl (C=O) groups excluding carboxylic acids is 1. The number of ether oxygens (including phenoxy) is 1. The summed E-state index contributed by atoms with van der Waals surface area (Å²) in [6.45, 7) is 6.51. The SMILES string of the molecule is CC[C@@]12CCCN3CC[C@]4(c5cccc(OC)c5N(C(C)=O)C4CC1)[C@H]32. The maximum absolute atomic E-state index is 12.8. The zero-order valence-corrected chi connectivity index (χ0v) is 16.3. The predicted molar refractivity (Wildman–Crippen MR) is 103 cm³/mol. The van der Waals surface area contributed by atoms with E-state index in [1.165, 1.54) is 50.8 Å². The number of hydrogen-bond donors (Lipinski definition) is 0. The van der Waals surface area contributed by atoms with E-state index in [4.69, 9.17) is 4.74 Å². The molecule has 1 aromatic carbocycles. The monoisotopic (exact) mass is 354 g/mol. The van der Waals surface area contributed by atoms with Crippen molar-refractivity contribution in [3.63, 3.8) is 0 Å². The van der Waals surface area contributed by atoms with Crippen LogP contribution < -0.4 is 9.64 Å². The van der Waals surface area contributed by atoms with E-state index in [1.54, 1.807) is 14.0 Å². The first-order valence-corrected chi connectivity index (χ1v) is 10.3. The van der Waals surface area contributed by atoms with E-state index < -0.39 is 0 Å². The molecule has 3 aliphatic heterocycles. The van der Waals surface area contributed by atoms with Gasteiger partial charge in [0.2, 0.25) is 5.91 Å². The number of hydrogen-bond acceptors (Lipinski definition) is 3. The minimum atomic E-state index is 0.0875. The highest BCUT2D eigenvalue weighted by Gasteiger charge is 2.68. The smallest absolute Gasteiger partial charge is 0.224 e. The Morgan fingerprint density at radius 3 is 2.85 bits per heavy atom. The van der Waals surface area contributed by atoms with Crippen LogP contribution in [0.5, 0.6) is 5.75 Å². The molecule has 1 saturated carbocycles. The summed E-state index contributed by atoms with van der Waals surface area (Å²) in [6, 6.07) is 7.30. The van der Waals surface area contributed by atoms with Gasteiger partial charge in [-0.05, 0) is 68.7 Å². The molecule has 3 heterocycles. The number of carbonyl (C=O) groups is 1. The van der Waals surface area contributed by atoms with Crippen molar-refractivity contribution in [2.24, 2.45) is 5.41 Å². The molecule has 0 aromatic heterocycles. The van der Waals surface area contributed by atoms with Crippen LogP contribution in [0, 0.1) is 5.41 Å². The molecule has 4 atom stereocenters. The van der Waals surface area contributed by atoms with Crippen molar-refractivity contribution >= 4 is 11.6 Å². The third-order valence-electron chi connectivity index (χ3n) is 8.19. The van der Waals surface area contributed by atoms with Gasteiger partial charge >= 0.3 is 0 Å². The molecule has 1 aromatic rings. The minimum Gasteiger partial charge on any atom is -0.495 e. The number of amides is 1. The van der Waals surface area contributed by atoms with Gasteiger partial charge in [0.15, 0.2) is 0 Å². The van der Waals surface area contributed by atoms with E-state index in [0.717, 1.165) is 17.9 Å². The second-order valence-electron chi connectivity index (χ2n) is 8.85. The molecule has 0 radical (unpaired) electrons. The highest BCUT2D eigenvalue weighted by molar-refractivity contribution is 5.98. The molecule has 1 unspecified atom stereocenters. The maximum Gasteiger partial charge on any atom is 0.224 e. The Balaban J connectivity index is 1.77. The summed E-state index contributed by atoms with van der Waals surface area (Å²) in [6.07, 6.45) is 7.47. The van der Waals surface area contributed by atoms with Crippen molar-refractivity contribution in [2.75, 3.05) is 25.1 Å². The maximum atomic E-state index is 12.8. The van der Waals surface area contributed by atoms with Crippen molar-refractivity contribution in [1.29, 1.82) is 0 Å². The Hall–Kier alpha value is -1.55. The van der Waals surface area contributed by atoms with Crippen LogP contribution in [0.2, 0.25) is 0 Å². The molecule has 140 valence electrons. The van der Waals surface area contributed by atoms with Crippen LogP contribution in [0.15, 0.2) is 18.2 Å². The highest BCUT2D eigenvalue weighted by atomic mass is 16.5. The van der Waals surface area contributed by atoms with Crippen LogP contribution in [0.1, 0.15) is 57.9 Å². The zero-order valence-electron chi connectivity index (χ0n) is 16.3. The van der Waals surface area contributed by atoms with Gasteiger partial charge in [-0.15, -0.1) is 0 Å². The second-order valence-corrected chi connectivity index (χ2v) is 8.85. The van der Waals surface area contributed by atoms with E-state index in [1.807, 2.05) is 6.07 Å². The number of anilines is 1. The Bertz CT molecular complexity index is 763. The highest BCUT2D eigenvalue weighted by Crippen LogP contribution is 2.66. The fourth-order valence-electron chi connectivity index (χ4n) is 7.37. The van der Waals surface area contributed by atoms with Crippen LogP contribution in [0.25, 0.3) is 0 Å². The molecule has 5 rings (SSSR count). The Labute approximate surface area is 156 Å². The van der Waals surface area contributed by atoms with Crippen LogP contribution in [-0.4, -0.2) is 43.1 Å². The molecule has 26 heavy (non-hydrogen) atoms. The van der Waals surface area contributed by atoms with Gasteiger partial charge in [-0.3, -0.25) is 9.69 Å². The second kappa shape index (κ2) is 5.48. The lowest BCUT2D eigenvalue weighted by Crippen LogP contribution is -2.65. The van der Waals surface area contributed by atoms with E-state index in [-0.39, 0.29) is 11.3 Å². The Kier molecular flexibility index (Phi) is 3.50. The van der Waals surface area contributed by atoms with Gasteiger partial charge in [0.1, 0.15) is 5.75 Å². The van der Waals surface area contributed by atoms with Crippen LogP contribution in [0.3, 0.4) is 0 Å². The van der Waals surface area contributed by atoms with Crippen molar-refractivity contribution < 1.29 is 9.53 Å². The molecule has 1 aliphatic carbocycles. The van der Waals surface area contributed by atoms with Crippen molar-refractivity contribution in [3.05, 3.63) is 23.8 Å².